The minimum Gasteiger partial charge on any atom is -0.367 e. The highest BCUT2D eigenvalue weighted by Crippen LogP contribution is 2.35. The van der Waals surface area contributed by atoms with Crippen LogP contribution in [0.2, 0.25) is 10.0 Å². The van der Waals surface area contributed by atoms with Crippen molar-refractivity contribution in [2.24, 2.45) is 0 Å². The summed E-state index contributed by atoms with van der Waals surface area (Å²) < 4.78 is 7.78. The Balaban J connectivity index is 2.37. The maximum absolute atomic E-state index is 6.36. The number of unbranched alkanes of at least 4 members (excludes halogenated alkanes) is 1. The van der Waals surface area contributed by atoms with E-state index in [0.717, 1.165) is 24.1 Å². The lowest BCUT2D eigenvalue weighted by Crippen LogP contribution is -2.13. The second-order valence-corrected chi connectivity index (χ2v) is 5.67. The average Bonchev–Trinajstić information content (AvgIpc) is 3.01. The first-order chi connectivity index (χ1) is 10.7. The second-order valence-electron chi connectivity index (χ2n) is 4.82. The van der Waals surface area contributed by atoms with Crippen LogP contribution in [0.15, 0.2) is 36.9 Å². The SMILES string of the molecule is CC=C(C(OCCCC)c1ccc(Cl)cc1Cl)n1cncn1. The Bertz CT molecular complexity index is 626. The van der Waals surface area contributed by atoms with Crippen molar-refractivity contribution in [2.45, 2.75) is 32.8 Å². The van der Waals surface area contributed by atoms with E-state index in [1.807, 2.05) is 25.1 Å². The number of hydrogen-bond donors (Lipinski definition) is 0. The molecule has 4 nitrogen and oxygen atoms in total. The summed E-state index contributed by atoms with van der Waals surface area (Å²) >= 11 is 12.4. The van der Waals surface area contributed by atoms with Crippen molar-refractivity contribution in [1.29, 1.82) is 0 Å². The smallest absolute Gasteiger partial charge is 0.138 e. The molecule has 1 unspecified atom stereocenters. The van der Waals surface area contributed by atoms with Gasteiger partial charge in [-0.25, -0.2) is 9.67 Å². The molecule has 0 N–H and O–H groups in total. The molecule has 118 valence electrons. The first-order valence-corrected chi connectivity index (χ1v) is 8.00. The number of hydrogen-bond acceptors (Lipinski definition) is 3. The molecule has 0 aliphatic rings. The van der Waals surface area contributed by atoms with E-state index in [4.69, 9.17) is 27.9 Å². The Hall–Kier alpha value is -1.36. The maximum Gasteiger partial charge on any atom is 0.138 e. The number of benzene rings is 1. The monoisotopic (exact) mass is 339 g/mol. The van der Waals surface area contributed by atoms with Crippen LogP contribution in [0.1, 0.15) is 38.4 Å². The molecule has 0 amide bonds. The summed E-state index contributed by atoms with van der Waals surface area (Å²) in [6.45, 7) is 4.71. The van der Waals surface area contributed by atoms with Crippen molar-refractivity contribution >= 4 is 28.9 Å². The van der Waals surface area contributed by atoms with Crippen molar-refractivity contribution in [3.05, 3.63) is 52.5 Å². The van der Waals surface area contributed by atoms with Crippen LogP contribution in [0, 0.1) is 0 Å². The highest BCUT2D eigenvalue weighted by molar-refractivity contribution is 6.35. The number of rotatable bonds is 7. The predicted molar refractivity (Wildman–Crippen MR) is 90.0 cm³/mol. The molecule has 1 heterocycles. The third kappa shape index (κ3) is 4.09. The first-order valence-electron chi connectivity index (χ1n) is 7.25. The zero-order chi connectivity index (χ0) is 15.9. The van der Waals surface area contributed by atoms with E-state index in [1.54, 1.807) is 17.1 Å². The molecule has 1 aromatic heterocycles. The molecule has 2 aromatic rings. The van der Waals surface area contributed by atoms with Crippen LogP contribution in [-0.2, 0) is 4.74 Å². The fourth-order valence-electron chi connectivity index (χ4n) is 2.14. The highest BCUT2D eigenvalue weighted by atomic mass is 35.5. The molecular weight excluding hydrogens is 321 g/mol. The van der Waals surface area contributed by atoms with Gasteiger partial charge < -0.3 is 4.74 Å². The standard InChI is InChI=1S/C16H19Cl2N3O/c1-3-5-8-22-16(13-7-6-12(17)9-14(13)18)15(4-2)21-11-19-10-20-21/h4,6-7,9-11,16H,3,5,8H2,1-2H3. The molecule has 2 rings (SSSR count). The van der Waals surface area contributed by atoms with Crippen LogP contribution in [0.25, 0.3) is 5.70 Å². The summed E-state index contributed by atoms with van der Waals surface area (Å²) in [4.78, 5) is 4.00. The van der Waals surface area contributed by atoms with Gasteiger partial charge in [-0.1, -0.05) is 48.7 Å². The third-order valence-corrected chi connectivity index (χ3v) is 3.84. The van der Waals surface area contributed by atoms with Crippen molar-refractivity contribution in [3.8, 4) is 0 Å². The van der Waals surface area contributed by atoms with E-state index in [1.165, 1.54) is 6.33 Å². The highest BCUT2D eigenvalue weighted by Gasteiger charge is 2.22. The summed E-state index contributed by atoms with van der Waals surface area (Å²) in [7, 11) is 0. The zero-order valence-electron chi connectivity index (χ0n) is 12.7. The number of ether oxygens (including phenoxy) is 1. The molecule has 0 saturated heterocycles. The Labute approximate surface area is 140 Å². The van der Waals surface area contributed by atoms with E-state index < -0.39 is 0 Å². The lowest BCUT2D eigenvalue weighted by molar-refractivity contribution is 0.0853. The number of nitrogens with zero attached hydrogens (tertiary/aromatic N) is 3. The Morgan fingerprint density at radius 3 is 2.82 bits per heavy atom. The van der Waals surface area contributed by atoms with Crippen LogP contribution >= 0.6 is 23.2 Å². The Morgan fingerprint density at radius 2 is 2.23 bits per heavy atom. The fourth-order valence-corrected chi connectivity index (χ4v) is 2.65. The van der Waals surface area contributed by atoms with Crippen molar-refractivity contribution < 1.29 is 4.74 Å². The molecular formula is C16H19Cl2N3O. The molecule has 0 bridgehead atoms. The van der Waals surface area contributed by atoms with E-state index in [2.05, 4.69) is 17.0 Å². The van der Waals surface area contributed by atoms with Crippen LogP contribution in [-0.4, -0.2) is 21.4 Å². The second kappa shape index (κ2) is 8.32. The summed E-state index contributed by atoms with van der Waals surface area (Å²) in [5, 5.41) is 5.38. The normalized spacial score (nSPS) is 13.4. The Kier molecular flexibility index (Phi) is 6.43. The van der Waals surface area contributed by atoms with E-state index in [-0.39, 0.29) is 6.10 Å². The number of halogens is 2. The third-order valence-electron chi connectivity index (χ3n) is 3.28. The van der Waals surface area contributed by atoms with E-state index in [0.29, 0.717) is 16.7 Å². The van der Waals surface area contributed by atoms with Gasteiger partial charge in [0.05, 0.1) is 5.70 Å². The summed E-state index contributed by atoms with van der Waals surface area (Å²) in [6, 6.07) is 5.43. The quantitative estimate of drug-likeness (QED) is 0.666. The van der Waals surface area contributed by atoms with Gasteiger partial charge in [0.25, 0.3) is 0 Å². The fraction of sp³-hybridized carbons (Fsp3) is 0.375. The Morgan fingerprint density at radius 1 is 1.41 bits per heavy atom. The van der Waals surface area contributed by atoms with Gasteiger partial charge in [-0.2, -0.15) is 5.10 Å². The molecule has 0 radical (unpaired) electrons. The molecule has 1 aromatic carbocycles. The van der Waals surface area contributed by atoms with Gasteiger partial charge >= 0.3 is 0 Å². The summed E-state index contributed by atoms with van der Waals surface area (Å²) in [6.07, 6.45) is 6.83. The topological polar surface area (TPSA) is 39.9 Å². The molecule has 6 heteroatoms. The molecule has 0 saturated carbocycles. The predicted octanol–water partition coefficient (Wildman–Crippen LogP) is 5.00. The molecule has 0 fully saturated rings. The van der Waals surface area contributed by atoms with E-state index >= 15 is 0 Å². The maximum atomic E-state index is 6.36. The molecule has 1 atom stereocenters. The first kappa shape index (κ1) is 17.0. The zero-order valence-corrected chi connectivity index (χ0v) is 14.2. The lowest BCUT2D eigenvalue weighted by Gasteiger charge is -2.22. The van der Waals surface area contributed by atoms with Gasteiger partial charge in [0.15, 0.2) is 0 Å². The molecule has 0 spiro atoms. The average molecular weight is 340 g/mol. The van der Waals surface area contributed by atoms with Crippen molar-refractivity contribution in [2.75, 3.05) is 6.61 Å². The lowest BCUT2D eigenvalue weighted by atomic mass is 10.1. The van der Waals surface area contributed by atoms with Gasteiger partial charge in [0.2, 0.25) is 0 Å². The van der Waals surface area contributed by atoms with Crippen LogP contribution in [0.3, 0.4) is 0 Å². The van der Waals surface area contributed by atoms with E-state index in [9.17, 15) is 0 Å². The largest absolute Gasteiger partial charge is 0.367 e. The number of aromatic nitrogens is 3. The van der Waals surface area contributed by atoms with Crippen LogP contribution in [0.5, 0.6) is 0 Å². The minimum atomic E-state index is -0.317. The van der Waals surface area contributed by atoms with Gasteiger partial charge in [-0.15, -0.1) is 0 Å². The van der Waals surface area contributed by atoms with Gasteiger partial charge in [-0.3, -0.25) is 0 Å². The minimum absolute atomic E-state index is 0.317. The summed E-state index contributed by atoms with van der Waals surface area (Å²) in [5.74, 6) is 0. The molecule has 22 heavy (non-hydrogen) atoms. The summed E-state index contributed by atoms with van der Waals surface area (Å²) in [5.41, 5.74) is 1.74. The van der Waals surface area contributed by atoms with Crippen LogP contribution < -0.4 is 0 Å². The van der Waals surface area contributed by atoms with Gasteiger partial charge in [-0.05, 0) is 25.5 Å². The van der Waals surface area contributed by atoms with Crippen LogP contribution in [0.4, 0.5) is 0 Å². The number of allylic oxidation sites excluding steroid dienone is 1. The van der Waals surface area contributed by atoms with Crippen molar-refractivity contribution in [1.82, 2.24) is 14.8 Å². The molecule has 0 aliphatic heterocycles. The molecule has 0 aliphatic carbocycles. The van der Waals surface area contributed by atoms with Crippen molar-refractivity contribution in [3.63, 3.8) is 0 Å². The van der Waals surface area contributed by atoms with Gasteiger partial charge in [0.1, 0.15) is 18.8 Å². The van der Waals surface area contributed by atoms with Gasteiger partial charge in [0, 0.05) is 22.2 Å².